The fraction of sp³-hybridized carbons (Fsp3) is 0.469. The first-order chi connectivity index (χ1) is 21.9. The number of amides is 3. The van der Waals surface area contributed by atoms with E-state index < -0.39 is 6.03 Å². The average Bonchev–Trinajstić information content (AvgIpc) is 3.58. The van der Waals surface area contributed by atoms with Crippen LogP contribution in [-0.4, -0.2) is 115 Å². The maximum atomic E-state index is 12.9. The number of carbonyl (C=O) groups excluding carboxylic acids is 2. The number of ether oxygens (including phenoxy) is 3. The highest BCUT2D eigenvalue weighted by atomic mass is 16.6. The van der Waals surface area contributed by atoms with Crippen molar-refractivity contribution < 1.29 is 23.8 Å². The number of urea groups is 1. The minimum atomic E-state index is -0.393. The van der Waals surface area contributed by atoms with E-state index in [0.717, 1.165) is 44.7 Å². The van der Waals surface area contributed by atoms with E-state index in [-0.39, 0.29) is 24.1 Å². The van der Waals surface area contributed by atoms with Gasteiger partial charge in [-0.3, -0.25) is 4.79 Å². The second-order valence-corrected chi connectivity index (χ2v) is 11.4. The van der Waals surface area contributed by atoms with Gasteiger partial charge in [-0.1, -0.05) is 6.92 Å². The fourth-order valence-electron chi connectivity index (χ4n) is 5.58. The highest BCUT2D eigenvalue weighted by Crippen LogP contribution is 2.25. The molecule has 2 aromatic carbocycles. The van der Waals surface area contributed by atoms with Gasteiger partial charge in [0, 0.05) is 61.6 Å². The summed E-state index contributed by atoms with van der Waals surface area (Å²) in [6, 6.07) is 14.2. The van der Waals surface area contributed by atoms with Crippen molar-refractivity contribution in [2.24, 2.45) is 0 Å². The van der Waals surface area contributed by atoms with Crippen LogP contribution in [0.2, 0.25) is 0 Å². The number of nitrogens with one attached hydrogen (secondary N) is 2. The van der Waals surface area contributed by atoms with Crippen molar-refractivity contribution in [3.8, 4) is 17.4 Å². The van der Waals surface area contributed by atoms with Crippen LogP contribution in [0.15, 0.2) is 48.5 Å². The Kier molecular flexibility index (Phi) is 9.67. The van der Waals surface area contributed by atoms with Crippen LogP contribution < -0.4 is 20.3 Å². The van der Waals surface area contributed by atoms with Gasteiger partial charge >= 0.3 is 12.0 Å². The maximum Gasteiger partial charge on any atom is 0.323 e. The second kappa shape index (κ2) is 14.2. The molecule has 238 valence electrons. The van der Waals surface area contributed by atoms with Crippen LogP contribution in [0.3, 0.4) is 0 Å². The van der Waals surface area contributed by atoms with Gasteiger partial charge in [-0.2, -0.15) is 15.0 Å². The average molecular weight is 617 g/mol. The minimum Gasteiger partial charge on any atom is -0.457 e. The summed E-state index contributed by atoms with van der Waals surface area (Å²) < 4.78 is 17.1. The molecule has 45 heavy (non-hydrogen) atoms. The standard InChI is InChI=1S/C32H40N8O5/c1-3-38-13-15-39(16-14-38)29(41)24-6-10-26(11-7-24)34-31(42)33-25-8-4-23(5-9-25)28-35-30(40-17-19-44-20-22(40)2)37-32(36-28)45-27-12-18-43-21-27/h4-11,22,27H,3,12-21H2,1-2H3,(H2,33,34,42)/t22-,27?/m0/s1. The first kappa shape index (κ1) is 30.7. The van der Waals surface area contributed by atoms with Crippen LogP contribution in [0.5, 0.6) is 6.01 Å². The molecule has 1 unspecified atom stereocenters. The Labute approximate surface area is 262 Å². The van der Waals surface area contributed by atoms with E-state index in [1.165, 1.54) is 0 Å². The van der Waals surface area contributed by atoms with Crippen LogP contribution in [0.4, 0.5) is 22.1 Å². The van der Waals surface area contributed by atoms with Gasteiger partial charge in [0.1, 0.15) is 6.10 Å². The second-order valence-electron chi connectivity index (χ2n) is 11.4. The van der Waals surface area contributed by atoms with Crippen LogP contribution in [0.25, 0.3) is 11.4 Å². The highest BCUT2D eigenvalue weighted by Gasteiger charge is 2.26. The van der Waals surface area contributed by atoms with Crippen LogP contribution in [-0.2, 0) is 9.47 Å². The molecule has 0 radical (unpaired) electrons. The number of nitrogens with zero attached hydrogens (tertiary/aromatic N) is 6. The van der Waals surface area contributed by atoms with E-state index in [9.17, 15) is 9.59 Å². The van der Waals surface area contributed by atoms with E-state index in [2.05, 4.69) is 44.2 Å². The molecule has 0 aliphatic carbocycles. The molecule has 3 aliphatic rings. The molecule has 2 atom stereocenters. The Morgan fingerprint density at radius 1 is 0.867 bits per heavy atom. The molecule has 6 rings (SSSR count). The highest BCUT2D eigenvalue weighted by molar-refractivity contribution is 6.00. The molecule has 3 aromatic rings. The summed E-state index contributed by atoms with van der Waals surface area (Å²) in [5, 5.41) is 5.68. The Morgan fingerprint density at radius 3 is 2.20 bits per heavy atom. The monoisotopic (exact) mass is 616 g/mol. The lowest BCUT2D eigenvalue weighted by atomic mass is 10.1. The molecule has 0 saturated carbocycles. The molecule has 0 bridgehead atoms. The molecule has 13 nitrogen and oxygen atoms in total. The SMILES string of the molecule is CCN1CCN(C(=O)c2ccc(NC(=O)Nc3ccc(-c4nc(OC5CCOC5)nc(N5CCOC[C@@H]5C)n4)cc3)cc2)CC1. The lowest BCUT2D eigenvalue weighted by Crippen LogP contribution is -2.48. The summed E-state index contributed by atoms with van der Waals surface area (Å²) in [4.78, 5) is 45.9. The third-order valence-corrected chi connectivity index (χ3v) is 8.29. The molecule has 1 aromatic heterocycles. The zero-order valence-corrected chi connectivity index (χ0v) is 25.8. The number of rotatable bonds is 8. The zero-order chi connectivity index (χ0) is 31.2. The fourth-order valence-corrected chi connectivity index (χ4v) is 5.58. The molecule has 4 heterocycles. The van der Waals surface area contributed by atoms with Crippen molar-refractivity contribution in [3.63, 3.8) is 0 Å². The number of anilines is 3. The summed E-state index contributed by atoms with van der Waals surface area (Å²) in [6.45, 7) is 11.4. The third kappa shape index (κ3) is 7.67. The summed E-state index contributed by atoms with van der Waals surface area (Å²) in [5.41, 5.74) is 2.56. The largest absolute Gasteiger partial charge is 0.457 e. The van der Waals surface area contributed by atoms with Crippen molar-refractivity contribution in [2.45, 2.75) is 32.4 Å². The van der Waals surface area contributed by atoms with Crippen molar-refractivity contribution in [1.82, 2.24) is 24.8 Å². The van der Waals surface area contributed by atoms with Gasteiger partial charge < -0.3 is 39.5 Å². The van der Waals surface area contributed by atoms with E-state index >= 15 is 0 Å². The first-order valence-corrected chi connectivity index (χ1v) is 15.6. The van der Waals surface area contributed by atoms with E-state index in [1.807, 2.05) is 17.0 Å². The van der Waals surface area contributed by atoms with Gasteiger partial charge in [0.2, 0.25) is 5.95 Å². The van der Waals surface area contributed by atoms with Crippen LogP contribution >= 0.6 is 0 Å². The van der Waals surface area contributed by atoms with Gasteiger partial charge in [-0.15, -0.1) is 0 Å². The number of benzene rings is 2. The third-order valence-electron chi connectivity index (χ3n) is 8.29. The predicted octanol–water partition coefficient (Wildman–Crippen LogP) is 3.35. The Hall–Kier alpha value is -4.33. The number of aromatic nitrogens is 3. The molecule has 2 N–H and O–H groups in total. The lowest BCUT2D eigenvalue weighted by molar-refractivity contribution is 0.0643. The maximum absolute atomic E-state index is 12.9. The van der Waals surface area contributed by atoms with Gasteiger partial charge in [-0.25, -0.2) is 4.79 Å². The van der Waals surface area contributed by atoms with Gasteiger partial charge in [0.25, 0.3) is 5.91 Å². The van der Waals surface area contributed by atoms with Gasteiger partial charge in [-0.05, 0) is 62.0 Å². The number of piperazine rings is 1. The van der Waals surface area contributed by atoms with Crippen molar-refractivity contribution >= 4 is 29.3 Å². The minimum absolute atomic E-state index is 0.0119. The first-order valence-electron chi connectivity index (χ1n) is 15.6. The summed E-state index contributed by atoms with van der Waals surface area (Å²) in [7, 11) is 0. The van der Waals surface area contributed by atoms with Crippen molar-refractivity contribution in [2.75, 3.05) is 81.2 Å². The Balaban J connectivity index is 1.09. The van der Waals surface area contributed by atoms with Crippen LogP contribution in [0, 0.1) is 0 Å². The van der Waals surface area contributed by atoms with E-state index in [4.69, 9.17) is 19.2 Å². The molecule has 3 amide bonds. The van der Waals surface area contributed by atoms with Crippen molar-refractivity contribution in [1.29, 1.82) is 0 Å². The Bertz CT molecular complexity index is 1460. The quantitative estimate of drug-likeness (QED) is 0.388. The molecule has 3 saturated heterocycles. The Morgan fingerprint density at radius 2 is 1.56 bits per heavy atom. The number of hydrogen-bond donors (Lipinski definition) is 2. The number of carbonyl (C=O) groups is 2. The predicted molar refractivity (Wildman–Crippen MR) is 170 cm³/mol. The number of likely N-dealkylation sites (N-methyl/N-ethyl adjacent to an activating group) is 1. The summed E-state index contributed by atoms with van der Waals surface area (Å²) in [5.74, 6) is 1.03. The van der Waals surface area contributed by atoms with Gasteiger partial charge in [0.05, 0.1) is 32.5 Å². The molecular weight excluding hydrogens is 576 g/mol. The molecule has 3 aliphatic heterocycles. The zero-order valence-electron chi connectivity index (χ0n) is 25.8. The van der Waals surface area contributed by atoms with Gasteiger partial charge in [0.15, 0.2) is 5.82 Å². The summed E-state index contributed by atoms with van der Waals surface area (Å²) in [6.07, 6.45) is 0.685. The lowest BCUT2D eigenvalue weighted by Gasteiger charge is -2.34. The molecule has 0 spiro atoms. The summed E-state index contributed by atoms with van der Waals surface area (Å²) >= 11 is 0. The smallest absolute Gasteiger partial charge is 0.323 e. The number of morpholine rings is 1. The number of hydrogen-bond acceptors (Lipinski definition) is 10. The molecular formula is C32H40N8O5. The normalized spacial score (nSPS) is 20.6. The van der Waals surface area contributed by atoms with Crippen molar-refractivity contribution in [3.05, 3.63) is 54.1 Å². The van der Waals surface area contributed by atoms with E-state index in [0.29, 0.717) is 61.7 Å². The molecule has 3 fully saturated rings. The van der Waals surface area contributed by atoms with Crippen LogP contribution in [0.1, 0.15) is 30.6 Å². The topological polar surface area (TPSA) is 134 Å². The molecule has 13 heteroatoms. The van der Waals surface area contributed by atoms with E-state index in [1.54, 1.807) is 36.4 Å².